The van der Waals surface area contributed by atoms with Gasteiger partial charge in [0, 0.05) is 10.4 Å². The number of hydrogen-bond donors (Lipinski definition) is 2. The zero-order chi connectivity index (χ0) is 16.2. The highest BCUT2D eigenvalue weighted by Gasteiger charge is 2.10. The van der Waals surface area contributed by atoms with E-state index in [-0.39, 0.29) is 12.5 Å². The summed E-state index contributed by atoms with van der Waals surface area (Å²) < 4.78 is 6.24. The molecule has 0 aliphatic heterocycles. The number of fused-ring (bicyclic) bond motifs is 1. The third-order valence-corrected chi connectivity index (χ3v) is 4.26. The second kappa shape index (κ2) is 6.50. The fourth-order valence-corrected chi connectivity index (χ4v) is 3.03. The number of rotatable bonds is 5. The van der Waals surface area contributed by atoms with Gasteiger partial charge in [-0.05, 0) is 41.8 Å². The molecule has 0 aliphatic carbocycles. The molecule has 6 heteroatoms. The molecule has 2 aromatic carbocycles. The minimum atomic E-state index is -0.535. The molecule has 5 nitrogen and oxygen atoms in total. The highest BCUT2D eigenvalue weighted by atomic mass is 32.1. The van der Waals surface area contributed by atoms with Crippen molar-refractivity contribution in [3.63, 3.8) is 0 Å². The number of hydrogen-bond acceptors (Lipinski definition) is 4. The highest BCUT2D eigenvalue weighted by Crippen LogP contribution is 2.26. The van der Waals surface area contributed by atoms with Gasteiger partial charge >= 0.3 is 0 Å². The summed E-state index contributed by atoms with van der Waals surface area (Å²) in [5, 5.41) is 3.89. The second-order valence-electron chi connectivity index (χ2n) is 4.88. The van der Waals surface area contributed by atoms with Crippen molar-refractivity contribution >= 4 is 38.9 Å². The summed E-state index contributed by atoms with van der Waals surface area (Å²) in [5.74, 6) is -0.173. The molecule has 0 aliphatic rings. The van der Waals surface area contributed by atoms with Crippen molar-refractivity contribution in [1.82, 2.24) is 0 Å². The molecule has 0 atom stereocenters. The van der Waals surface area contributed by atoms with Gasteiger partial charge in [0.25, 0.3) is 11.8 Å². The van der Waals surface area contributed by atoms with Gasteiger partial charge in [-0.25, -0.2) is 0 Å². The van der Waals surface area contributed by atoms with E-state index in [4.69, 9.17) is 10.5 Å². The van der Waals surface area contributed by atoms with Gasteiger partial charge in [0.15, 0.2) is 6.61 Å². The van der Waals surface area contributed by atoms with Crippen molar-refractivity contribution in [2.75, 3.05) is 11.9 Å². The van der Waals surface area contributed by atoms with Gasteiger partial charge in [0.2, 0.25) is 0 Å². The normalized spacial score (nSPS) is 10.4. The van der Waals surface area contributed by atoms with Crippen LogP contribution in [0.3, 0.4) is 0 Å². The minimum Gasteiger partial charge on any atom is -0.484 e. The number of carbonyl (C=O) groups excluding carboxylic acids is 2. The lowest BCUT2D eigenvalue weighted by Crippen LogP contribution is -2.20. The van der Waals surface area contributed by atoms with E-state index in [0.29, 0.717) is 16.3 Å². The molecule has 0 saturated heterocycles. The van der Waals surface area contributed by atoms with Gasteiger partial charge in [0.1, 0.15) is 5.75 Å². The predicted octanol–water partition coefficient (Wildman–Crippen LogP) is 3.02. The van der Waals surface area contributed by atoms with Gasteiger partial charge in [-0.15, -0.1) is 11.3 Å². The number of primary amides is 1. The monoisotopic (exact) mass is 326 g/mol. The number of benzene rings is 2. The summed E-state index contributed by atoms with van der Waals surface area (Å²) in [7, 11) is 0. The van der Waals surface area contributed by atoms with Crippen LogP contribution in [0.5, 0.6) is 5.75 Å². The summed E-state index contributed by atoms with van der Waals surface area (Å²) in [6.07, 6.45) is 0. The molecule has 0 radical (unpaired) electrons. The second-order valence-corrected chi connectivity index (χ2v) is 5.97. The number of anilines is 1. The van der Waals surface area contributed by atoms with E-state index in [0.717, 1.165) is 10.1 Å². The number of thiophene rings is 1. The Morgan fingerprint density at radius 1 is 1.09 bits per heavy atom. The van der Waals surface area contributed by atoms with Crippen molar-refractivity contribution in [2.24, 2.45) is 5.73 Å². The molecule has 1 aromatic heterocycles. The van der Waals surface area contributed by atoms with E-state index in [2.05, 4.69) is 5.32 Å². The number of carbonyl (C=O) groups is 2. The Kier molecular flexibility index (Phi) is 4.25. The van der Waals surface area contributed by atoms with E-state index in [1.165, 1.54) is 11.3 Å². The zero-order valence-corrected chi connectivity index (χ0v) is 12.9. The maximum Gasteiger partial charge on any atom is 0.265 e. The molecule has 0 spiro atoms. The fraction of sp³-hybridized carbons (Fsp3) is 0.0588. The van der Waals surface area contributed by atoms with Gasteiger partial charge in [-0.1, -0.05) is 18.2 Å². The summed E-state index contributed by atoms with van der Waals surface area (Å²) in [6.45, 7) is -0.173. The molecule has 3 rings (SSSR count). The van der Waals surface area contributed by atoms with Gasteiger partial charge in [0.05, 0.1) is 4.88 Å². The Balaban J connectivity index is 1.68. The third-order valence-electron chi connectivity index (χ3n) is 3.14. The Labute approximate surface area is 136 Å². The first-order valence-corrected chi connectivity index (χ1v) is 7.74. The largest absolute Gasteiger partial charge is 0.484 e. The molecular weight excluding hydrogens is 312 g/mol. The van der Waals surface area contributed by atoms with Crippen LogP contribution in [-0.2, 0) is 4.79 Å². The molecule has 3 aromatic rings. The maximum absolute atomic E-state index is 12.3. The van der Waals surface area contributed by atoms with E-state index in [9.17, 15) is 9.59 Å². The van der Waals surface area contributed by atoms with Crippen molar-refractivity contribution < 1.29 is 14.3 Å². The van der Waals surface area contributed by atoms with E-state index in [1.807, 2.05) is 30.3 Å². The molecule has 116 valence electrons. The van der Waals surface area contributed by atoms with Crippen LogP contribution < -0.4 is 15.8 Å². The SMILES string of the molecule is NC(=O)COc1ccc(NC(=O)c2cc3ccccc3s2)cc1. The van der Waals surface area contributed by atoms with Crippen molar-refractivity contribution in [3.8, 4) is 5.75 Å². The molecule has 0 fully saturated rings. The van der Waals surface area contributed by atoms with Crippen LogP contribution in [0, 0.1) is 0 Å². The molecular formula is C17H14N2O3S. The lowest BCUT2D eigenvalue weighted by Gasteiger charge is -2.06. The van der Waals surface area contributed by atoms with E-state index >= 15 is 0 Å². The van der Waals surface area contributed by atoms with Crippen molar-refractivity contribution in [1.29, 1.82) is 0 Å². The molecule has 0 unspecified atom stereocenters. The maximum atomic E-state index is 12.3. The Morgan fingerprint density at radius 2 is 1.83 bits per heavy atom. The number of amides is 2. The van der Waals surface area contributed by atoms with Gasteiger partial charge in [-0.3, -0.25) is 9.59 Å². The first-order chi connectivity index (χ1) is 11.1. The average Bonchev–Trinajstić information content (AvgIpc) is 2.98. The van der Waals surface area contributed by atoms with Crippen LogP contribution in [0.1, 0.15) is 9.67 Å². The van der Waals surface area contributed by atoms with Crippen LogP contribution in [0.15, 0.2) is 54.6 Å². The van der Waals surface area contributed by atoms with E-state index < -0.39 is 5.91 Å². The van der Waals surface area contributed by atoms with Crippen LogP contribution in [-0.4, -0.2) is 18.4 Å². The lowest BCUT2D eigenvalue weighted by molar-refractivity contribution is -0.119. The highest BCUT2D eigenvalue weighted by molar-refractivity contribution is 7.20. The molecule has 0 saturated carbocycles. The molecule has 0 bridgehead atoms. The Bertz CT molecular complexity index is 823. The lowest BCUT2D eigenvalue weighted by atomic mass is 10.2. The summed E-state index contributed by atoms with van der Waals surface area (Å²) >= 11 is 1.45. The Hall–Kier alpha value is -2.86. The van der Waals surface area contributed by atoms with Crippen LogP contribution in [0.4, 0.5) is 5.69 Å². The predicted molar refractivity (Wildman–Crippen MR) is 90.9 cm³/mol. The average molecular weight is 326 g/mol. The molecule has 2 amide bonds. The third kappa shape index (κ3) is 3.67. The molecule has 1 heterocycles. The number of ether oxygens (including phenoxy) is 1. The van der Waals surface area contributed by atoms with Crippen LogP contribution in [0.25, 0.3) is 10.1 Å². The Morgan fingerprint density at radius 3 is 2.52 bits per heavy atom. The van der Waals surface area contributed by atoms with Crippen molar-refractivity contribution in [2.45, 2.75) is 0 Å². The first-order valence-electron chi connectivity index (χ1n) is 6.93. The quantitative estimate of drug-likeness (QED) is 0.756. The van der Waals surface area contributed by atoms with Crippen LogP contribution >= 0.6 is 11.3 Å². The minimum absolute atomic E-state index is 0.156. The number of nitrogens with one attached hydrogen (secondary N) is 1. The van der Waals surface area contributed by atoms with Gasteiger partial charge < -0.3 is 15.8 Å². The summed E-state index contributed by atoms with van der Waals surface area (Å²) in [4.78, 5) is 23.6. The summed E-state index contributed by atoms with van der Waals surface area (Å²) in [5.41, 5.74) is 5.66. The van der Waals surface area contributed by atoms with Crippen LogP contribution in [0.2, 0.25) is 0 Å². The standard InChI is InChI=1S/C17H14N2O3S/c18-16(20)10-22-13-7-5-12(6-8-13)19-17(21)15-9-11-3-1-2-4-14(11)23-15/h1-9H,10H2,(H2,18,20)(H,19,21). The smallest absolute Gasteiger partial charge is 0.265 e. The molecule has 3 N–H and O–H groups in total. The molecule has 23 heavy (non-hydrogen) atoms. The van der Waals surface area contributed by atoms with Gasteiger partial charge in [-0.2, -0.15) is 0 Å². The van der Waals surface area contributed by atoms with E-state index in [1.54, 1.807) is 24.3 Å². The topological polar surface area (TPSA) is 81.4 Å². The fourth-order valence-electron chi connectivity index (χ4n) is 2.08. The first kappa shape index (κ1) is 15.1. The summed E-state index contributed by atoms with van der Waals surface area (Å²) in [6, 6.07) is 16.5. The zero-order valence-electron chi connectivity index (χ0n) is 12.1. The number of nitrogens with two attached hydrogens (primary N) is 1. The van der Waals surface area contributed by atoms with Crippen molar-refractivity contribution in [3.05, 3.63) is 59.5 Å².